The van der Waals surface area contributed by atoms with Crippen LogP contribution in [0.1, 0.15) is 42.4 Å². The Hall–Kier alpha value is -2.75. The Kier molecular flexibility index (Phi) is 5.71. The van der Waals surface area contributed by atoms with Crippen LogP contribution in [-0.2, 0) is 17.9 Å². The molecule has 4 heterocycles. The van der Waals surface area contributed by atoms with Crippen LogP contribution in [0.25, 0.3) is 0 Å². The first-order valence-electron chi connectivity index (χ1n) is 10.4. The van der Waals surface area contributed by atoms with Crippen LogP contribution in [0.5, 0.6) is 0 Å². The minimum atomic E-state index is -0.168. The Balaban J connectivity index is 1.23. The predicted octanol–water partition coefficient (Wildman–Crippen LogP) is 3.17. The molecule has 1 atom stereocenters. The van der Waals surface area contributed by atoms with Gasteiger partial charge in [0.2, 0.25) is 0 Å². The molecule has 2 amide bonds. The maximum absolute atomic E-state index is 13.1. The summed E-state index contributed by atoms with van der Waals surface area (Å²) in [5.41, 5.74) is 2.02. The molecule has 2 aliphatic rings. The van der Waals surface area contributed by atoms with E-state index in [9.17, 15) is 9.59 Å². The number of thiophene rings is 1. The van der Waals surface area contributed by atoms with Crippen molar-refractivity contribution in [2.75, 3.05) is 26.2 Å². The molecule has 5 rings (SSSR count). The monoisotopic (exact) mass is 471 g/mol. The van der Waals surface area contributed by atoms with E-state index < -0.39 is 0 Å². The third-order valence-corrected chi connectivity index (χ3v) is 7.09. The second kappa shape index (κ2) is 8.65. The lowest BCUT2D eigenvalue weighted by Crippen LogP contribution is -2.50. The van der Waals surface area contributed by atoms with Gasteiger partial charge in [0.15, 0.2) is 5.69 Å². The van der Waals surface area contributed by atoms with Crippen LogP contribution in [0.15, 0.2) is 36.4 Å². The first kappa shape index (κ1) is 21.1. The topological polar surface area (TPSA) is 80.6 Å². The zero-order valence-electron chi connectivity index (χ0n) is 17.5. The zero-order chi connectivity index (χ0) is 22.2. The number of carbonyl (C=O) groups excluding carboxylic acids is 2. The number of carbonyl (C=O) groups is 2. The average Bonchev–Trinajstić information content (AvgIpc) is 3.44. The van der Waals surface area contributed by atoms with E-state index in [1.807, 2.05) is 43.3 Å². The Bertz CT molecular complexity index is 1150. The fraction of sp³-hybridized carbons (Fsp3) is 0.364. The van der Waals surface area contributed by atoms with Gasteiger partial charge in [-0.15, -0.1) is 16.4 Å². The molecule has 0 N–H and O–H groups in total. The summed E-state index contributed by atoms with van der Waals surface area (Å²) in [6, 6.07) is 11.3. The van der Waals surface area contributed by atoms with Crippen LogP contribution in [0.2, 0.25) is 5.02 Å². The minimum Gasteiger partial charge on any atom is -0.365 e. The molecule has 10 heteroatoms. The number of hydrogen-bond acceptors (Lipinski definition) is 6. The molecular weight excluding hydrogens is 450 g/mol. The molecular formula is C22H22ClN5O3S. The van der Waals surface area contributed by atoms with Gasteiger partial charge in [0, 0.05) is 36.1 Å². The number of aromatic nitrogens is 3. The fourth-order valence-corrected chi connectivity index (χ4v) is 4.99. The normalized spacial score (nSPS) is 18.5. The van der Waals surface area contributed by atoms with Crippen molar-refractivity contribution >= 4 is 34.8 Å². The van der Waals surface area contributed by atoms with Crippen molar-refractivity contribution in [3.63, 3.8) is 0 Å². The highest BCUT2D eigenvalue weighted by molar-refractivity contribution is 7.13. The van der Waals surface area contributed by atoms with Gasteiger partial charge < -0.3 is 14.5 Å². The smallest absolute Gasteiger partial charge is 0.276 e. The summed E-state index contributed by atoms with van der Waals surface area (Å²) < 4.78 is 7.74. The molecule has 166 valence electrons. The number of nitrogens with zero attached hydrogens (tertiary/aromatic N) is 5. The largest absolute Gasteiger partial charge is 0.365 e. The molecule has 2 aromatic heterocycles. The Labute approximate surface area is 194 Å². The SMILES string of the molecule is Cc1ccc(C(=O)N2CCN(C(=O)c3nnn4c3CO[C@H](c3ccc(Cl)cc3)C4)CC2)s1. The number of halogens is 1. The predicted molar refractivity (Wildman–Crippen MR) is 120 cm³/mol. The highest BCUT2D eigenvalue weighted by Gasteiger charge is 2.32. The zero-order valence-corrected chi connectivity index (χ0v) is 19.1. The third kappa shape index (κ3) is 4.03. The van der Waals surface area contributed by atoms with Gasteiger partial charge in [0.1, 0.15) is 6.10 Å². The summed E-state index contributed by atoms with van der Waals surface area (Å²) in [6.45, 7) is 4.67. The number of fused-ring (bicyclic) bond motifs is 1. The number of benzene rings is 1. The molecule has 0 spiro atoms. The average molecular weight is 472 g/mol. The van der Waals surface area contributed by atoms with Crippen molar-refractivity contribution in [2.45, 2.75) is 26.2 Å². The number of rotatable bonds is 3. The van der Waals surface area contributed by atoms with Crippen LogP contribution in [0, 0.1) is 6.92 Å². The van der Waals surface area contributed by atoms with Crippen LogP contribution >= 0.6 is 22.9 Å². The fourth-order valence-electron chi connectivity index (χ4n) is 4.02. The second-order valence-electron chi connectivity index (χ2n) is 7.91. The van der Waals surface area contributed by atoms with E-state index in [0.717, 1.165) is 15.3 Å². The lowest BCUT2D eigenvalue weighted by atomic mass is 10.1. The van der Waals surface area contributed by atoms with Crippen LogP contribution in [0.3, 0.4) is 0 Å². The van der Waals surface area contributed by atoms with Crippen LogP contribution in [-0.4, -0.2) is 62.8 Å². The molecule has 0 radical (unpaired) electrons. The van der Waals surface area contributed by atoms with Crippen molar-refractivity contribution < 1.29 is 14.3 Å². The lowest BCUT2D eigenvalue weighted by molar-refractivity contribution is -0.00202. The van der Waals surface area contributed by atoms with Crippen LogP contribution in [0.4, 0.5) is 0 Å². The molecule has 1 aromatic carbocycles. The molecule has 8 nitrogen and oxygen atoms in total. The summed E-state index contributed by atoms with van der Waals surface area (Å²) in [4.78, 5) is 31.2. The number of amides is 2. The number of hydrogen-bond donors (Lipinski definition) is 0. The Morgan fingerprint density at radius 1 is 1.03 bits per heavy atom. The first-order valence-corrected chi connectivity index (χ1v) is 11.6. The minimum absolute atomic E-state index is 0.0258. The van der Waals surface area contributed by atoms with Gasteiger partial charge >= 0.3 is 0 Å². The van der Waals surface area contributed by atoms with Crippen molar-refractivity contribution in [1.82, 2.24) is 24.8 Å². The van der Waals surface area contributed by atoms with Gasteiger partial charge in [-0.2, -0.15) is 0 Å². The van der Waals surface area contributed by atoms with E-state index >= 15 is 0 Å². The van der Waals surface area contributed by atoms with E-state index in [1.54, 1.807) is 14.5 Å². The molecule has 0 bridgehead atoms. The summed E-state index contributed by atoms with van der Waals surface area (Å²) in [7, 11) is 0. The first-order chi connectivity index (χ1) is 15.5. The van der Waals surface area contributed by atoms with E-state index in [1.165, 1.54) is 11.3 Å². The van der Waals surface area contributed by atoms with Crippen molar-refractivity contribution in [2.24, 2.45) is 0 Å². The van der Waals surface area contributed by atoms with E-state index in [-0.39, 0.29) is 24.5 Å². The number of aryl methyl sites for hydroxylation is 1. The van der Waals surface area contributed by atoms with Gasteiger partial charge in [-0.05, 0) is 36.8 Å². The van der Waals surface area contributed by atoms with Gasteiger partial charge in [-0.25, -0.2) is 4.68 Å². The van der Waals surface area contributed by atoms with E-state index in [0.29, 0.717) is 49.1 Å². The molecule has 2 aliphatic heterocycles. The molecule has 1 fully saturated rings. The molecule has 32 heavy (non-hydrogen) atoms. The maximum atomic E-state index is 13.1. The summed E-state index contributed by atoms with van der Waals surface area (Å²) in [5, 5.41) is 9.03. The summed E-state index contributed by atoms with van der Waals surface area (Å²) in [6.07, 6.45) is -0.167. The summed E-state index contributed by atoms with van der Waals surface area (Å²) >= 11 is 7.47. The van der Waals surface area contributed by atoms with Crippen molar-refractivity contribution in [3.8, 4) is 0 Å². The quantitative estimate of drug-likeness (QED) is 0.586. The standard InChI is InChI=1S/C22H22ClN5O3S/c1-14-2-7-19(32-14)21(29)26-8-10-27(11-9-26)22(30)20-17-13-31-18(12-28(17)25-24-20)15-3-5-16(23)6-4-15/h2-7,18H,8-13H2,1H3/t18-/m0/s1. The molecule has 0 aliphatic carbocycles. The van der Waals surface area contributed by atoms with E-state index in [4.69, 9.17) is 16.3 Å². The van der Waals surface area contributed by atoms with Gasteiger partial charge in [-0.3, -0.25) is 9.59 Å². The number of ether oxygens (including phenoxy) is 1. The van der Waals surface area contributed by atoms with Crippen molar-refractivity contribution in [3.05, 3.63) is 68.1 Å². The third-order valence-electron chi connectivity index (χ3n) is 5.85. The van der Waals surface area contributed by atoms with Crippen molar-refractivity contribution in [1.29, 1.82) is 0 Å². The molecule has 1 saturated heterocycles. The summed E-state index contributed by atoms with van der Waals surface area (Å²) in [5.74, 6) is -0.142. The van der Waals surface area contributed by atoms with Crippen LogP contribution < -0.4 is 0 Å². The highest BCUT2D eigenvalue weighted by atomic mass is 35.5. The second-order valence-corrected chi connectivity index (χ2v) is 9.64. The molecule has 3 aromatic rings. The molecule has 0 unspecified atom stereocenters. The van der Waals surface area contributed by atoms with Gasteiger partial charge in [0.25, 0.3) is 11.8 Å². The molecule has 0 saturated carbocycles. The Morgan fingerprint density at radius 2 is 1.72 bits per heavy atom. The lowest BCUT2D eigenvalue weighted by Gasteiger charge is -2.34. The number of piperazine rings is 1. The maximum Gasteiger partial charge on any atom is 0.276 e. The van der Waals surface area contributed by atoms with Gasteiger partial charge in [-0.1, -0.05) is 28.9 Å². The highest BCUT2D eigenvalue weighted by Crippen LogP contribution is 2.28. The van der Waals surface area contributed by atoms with Gasteiger partial charge in [0.05, 0.1) is 23.7 Å². The van der Waals surface area contributed by atoms with E-state index in [2.05, 4.69) is 10.3 Å². The Morgan fingerprint density at radius 3 is 2.38 bits per heavy atom.